The molecule has 0 aliphatic carbocycles. The van der Waals surface area contributed by atoms with Crippen molar-refractivity contribution in [2.24, 2.45) is 5.92 Å². The summed E-state index contributed by atoms with van der Waals surface area (Å²) in [7, 11) is -3.87. The number of amides is 1. The maximum absolute atomic E-state index is 11.9. The van der Waals surface area contributed by atoms with Gasteiger partial charge < -0.3 is 0 Å². The summed E-state index contributed by atoms with van der Waals surface area (Å²) < 4.78 is 24.5. The Hall–Kier alpha value is -0.630. The van der Waals surface area contributed by atoms with Crippen LogP contribution in [-0.2, 0) is 14.8 Å². The average Bonchev–Trinajstić information content (AvgIpc) is 2.25. The van der Waals surface area contributed by atoms with Gasteiger partial charge in [0.15, 0.2) is 0 Å². The van der Waals surface area contributed by atoms with Crippen LogP contribution in [0.1, 0.15) is 20.3 Å². The Morgan fingerprint density at radius 2 is 2.05 bits per heavy atom. The van der Waals surface area contributed by atoms with E-state index in [1.807, 2.05) is 18.7 Å². The quantitative estimate of drug-likeness (QED) is 0.783. The number of sulfonamides is 1. The topological polar surface area (TPSA) is 75.3 Å². The number of benzene rings is 1. The maximum Gasteiger partial charge on any atom is 0.258 e. The van der Waals surface area contributed by atoms with Gasteiger partial charge in [0.2, 0.25) is 5.91 Å². The first-order chi connectivity index (χ1) is 8.72. The minimum absolute atomic E-state index is 0.0694. The molecule has 1 amide bonds. The van der Waals surface area contributed by atoms with Crippen molar-refractivity contribution in [3.05, 3.63) is 27.7 Å². The number of carbonyl (C=O) groups is 1. The second kappa shape index (κ2) is 6.69. The van der Waals surface area contributed by atoms with Crippen LogP contribution in [0.4, 0.5) is 0 Å². The third-order valence-corrected chi connectivity index (χ3v) is 4.33. The number of hydrogen-bond acceptors (Lipinski definition) is 3. The Labute approximate surface area is 125 Å². The van der Waals surface area contributed by atoms with Crippen molar-refractivity contribution < 1.29 is 13.2 Å². The predicted octanol–water partition coefficient (Wildman–Crippen LogP) is 2.46. The molecule has 5 nitrogen and oxygen atoms in total. The highest BCUT2D eigenvalue weighted by Gasteiger charge is 2.18. The molecule has 2 N–H and O–H groups in total. The first-order valence-electron chi connectivity index (χ1n) is 5.48. The fraction of sp³-hybridized carbons (Fsp3) is 0.364. The second-order valence-corrected chi connectivity index (χ2v) is 7.30. The van der Waals surface area contributed by atoms with Crippen molar-refractivity contribution in [2.45, 2.75) is 25.2 Å². The molecule has 0 saturated heterocycles. The van der Waals surface area contributed by atoms with Gasteiger partial charge in [-0.05, 0) is 24.1 Å². The molecule has 0 fully saturated rings. The molecule has 0 bridgehead atoms. The largest absolute Gasteiger partial charge is 0.278 e. The lowest BCUT2D eigenvalue weighted by atomic mass is 10.1. The van der Waals surface area contributed by atoms with Crippen LogP contribution in [0, 0.1) is 5.92 Å². The van der Waals surface area contributed by atoms with Crippen molar-refractivity contribution in [2.75, 3.05) is 0 Å². The van der Waals surface area contributed by atoms with E-state index in [4.69, 9.17) is 11.6 Å². The molecule has 0 aliphatic heterocycles. The SMILES string of the molecule is CC(C)CC(=O)NNS(=O)(=O)c1ccc(Br)cc1Cl. The van der Waals surface area contributed by atoms with Gasteiger partial charge in [-0.3, -0.25) is 10.2 Å². The minimum atomic E-state index is -3.87. The van der Waals surface area contributed by atoms with Gasteiger partial charge >= 0.3 is 0 Å². The molecule has 106 valence electrons. The monoisotopic (exact) mass is 368 g/mol. The first-order valence-corrected chi connectivity index (χ1v) is 8.13. The Kier molecular flexibility index (Phi) is 5.79. The fourth-order valence-electron chi connectivity index (χ4n) is 1.29. The minimum Gasteiger partial charge on any atom is -0.278 e. The van der Waals surface area contributed by atoms with Gasteiger partial charge in [-0.2, -0.15) is 0 Å². The van der Waals surface area contributed by atoms with Crippen molar-refractivity contribution >= 4 is 43.5 Å². The van der Waals surface area contributed by atoms with E-state index in [9.17, 15) is 13.2 Å². The van der Waals surface area contributed by atoms with Gasteiger partial charge in [-0.25, -0.2) is 8.42 Å². The zero-order chi connectivity index (χ0) is 14.6. The summed E-state index contributed by atoms with van der Waals surface area (Å²) in [6.45, 7) is 3.72. The van der Waals surface area contributed by atoms with E-state index < -0.39 is 15.9 Å². The molecule has 19 heavy (non-hydrogen) atoms. The highest BCUT2D eigenvalue weighted by Crippen LogP contribution is 2.24. The molecule has 0 spiro atoms. The lowest BCUT2D eigenvalue weighted by molar-refractivity contribution is -0.122. The third kappa shape index (κ3) is 5.10. The smallest absolute Gasteiger partial charge is 0.258 e. The third-order valence-electron chi connectivity index (χ3n) is 2.10. The fourth-order valence-corrected chi connectivity index (χ4v) is 3.19. The van der Waals surface area contributed by atoms with Gasteiger partial charge in [-0.1, -0.05) is 41.4 Å². The first kappa shape index (κ1) is 16.4. The van der Waals surface area contributed by atoms with Crippen LogP contribution in [-0.4, -0.2) is 14.3 Å². The van der Waals surface area contributed by atoms with Crippen molar-refractivity contribution in [1.29, 1.82) is 0 Å². The van der Waals surface area contributed by atoms with Gasteiger partial charge in [-0.15, -0.1) is 4.83 Å². The summed E-state index contributed by atoms with van der Waals surface area (Å²) in [5.74, 6) is -0.257. The molecule has 0 radical (unpaired) electrons. The summed E-state index contributed by atoms with van der Waals surface area (Å²) in [5, 5.41) is 0.0694. The Balaban J connectivity index is 2.79. The van der Waals surface area contributed by atoms with Crippen LogP contribution >= 0.6 is 27.5 Å². The van der Waals surface area contributed by atoms with Crippen LogP contribution in [0.2, 0.25) is 5.02 Å². The molecule has 1 aromatic carbocycles. The van der Waals surface area contributed by atoms with Crippen LogP contribution in [0.15, 0.2) is 27.6 Å². The zero-order valence-corrected chi connectivity index (χ0v) is 13.6. The number of hydrazine groups is 1. The molecule has 0 aliphatic rings. The number of nitrogens with one attached hydrogen (secondary N) is 2. The van der Waals surface area contributed by atoms with Gasteiger partial charge in [0.25, 0.3) is 10.0 Å². The van der Waals surface area contributed by atoms with E-state index in [1.165, 1.54) is 12.1 Å². The van der Waals surface area contributed by atoms with Crippen molar-refractivity contribution in [3.8, 4) is 0 Å². The summed E-state index contributed by atoms with van der Waals surface area (Å²) in [5.41, 5.74) is 2.15. The highest BCUT2D eigenvalue weighted by molar-refractivity contribution is 9.10. The standard InChI is InChI=1S/C11H14BrClN2O3S/c1-7(2)5-11(16)14-15-19(17,18)10-4-3-8(12)6-9(10)13/h3-4,6-7,15H,5H2,1-2H3,(H,14,16). The van der Waals surface area contributed by atoms with E-state index in [0.29, 0.717) is 4.47 Å². The number of hydrogen-bond donors (Lipinski definition) is 2. The normalized spacial score (nSPS) is 11.6. The summed E-state index contributed by atoms with van der Waals surface area (Å²) in [6, 6.07) is 4.37. The van der Waals surface area contributed by atoms with E-state index >= 15 is 0 Å². The molecule has 8 heteroatoms. The number of halogens is 2. The predicted molar refractivity (Wildman–Crippen MR) is 77.1 cm³/mol. The van der Waals surface area contributed by atoms with Crippen molar-refractivity contribution in [1.82, 2.24) is 10.3 Å². The molecule has 0 aromatic heterocycles. The molecule has 0 heterocycles. The lowest BCUT2D eigenvalue weighted by Crippen LogP contribution is -2.42. The maximum atomic E-state index is 11.9. The summed E-state index contributed by atoms with van der Waals surface area (Å²) in [4.78, 5) is 13.3. The van der Waals surface area contributed by atoms with E-state index in [0.717, 1.165) is 0 Å². The highest BCUT2D eigenvalue weighted by atomic mass is 79.9. The Morgan fingerprint density at radius 1 is 1.42 bits per heavy atom. The molecule has 1 rings (SSSR count). The van der Waals surface area contributed by atoms with Crippen LogP contribution in [0.25, 0.3) is 0 Å². The molecular formula is C11H14BrClN2O3S. The summed E-state index contributed by atoms with van der Waals surface area (Å²) >= 11 is 9.03. The second-order valence-electron chi connectivity index (χ2n) is 4.33. The summed E-state index contributed by atoms with van der Waals surface area (Å²) in [6.07, 6.45) is 0.233. The van der Waals surface area contributed by atoms with Crippen LogP contribution < -0.4 is 10.3 Å². The molecule has 0 saturated carbocycles. The lowest BCUT2D eigenvalue weighted by Gasteiger charge is -2.10. The molecular weight excluding hydrogens is 356 g/mol. The number of carbonyl (C=O) groups excluding carboxylic acids is 1. The number of rotatable bonds is 5. The molecule has 0 atom stereocenters. The van der Waals surface area contributed by atoms with Gasteiger partial charge in [0, 0.05) is 10.9 Å². The van der Waals surface area contributed by atoms with E-state index in [2.05, 4.69) is 21.4 Å². The van der Waals surface area contributed by atoms with Crippen LogP contribution in [0.3, 0.4) is 0 Å². The molecule has 0 unspecified atom stereocenters. The van der Waals surface area contributed by atoms with Crippen molar-refractivity contribution in [3.63, 3.8) is 0 Å². The zero-order valence-electron chi connectivity index (χ0n) is 10.4. The van der Waals surface area contributed by atoms with E-state index in [-0.39, 0.29) is 22.3 Å². The van der Waals surface area contributed by atoms with Gasteiger partial charge in [0.1, 0.15) is 4.90 Å². The Morgan fingerprint density at radius 3 is 2.58 bits per heavy atom. The van der Waals surface area contributed by atoms with Crippen LogP contribution in [0.5, 0.6) is 0 Å². The van der Waals surface area contributed by atoms with E-state index in [1.54, 1.807) is 6.07 Å². The van der Waals surface area contributed by atoms with Gasteiger partial charge in [0.05, 0.1) is 5.02 Å². The Bertz CT molecular complexity index is 575. The molecule has 1 aromatic rings. The average molecular weight is 370 g/mol.